The lowest BCUT2D eigenvalue weighted by Gasteiger charge is -2.34. The lowest BCUT2D eigenvalue weighted by atomic mass is 9.94. The Labute approximate surface area is 277 Å². The molecule has 244 valence electrons. The minimum atomic E-state index is -0.101. The molecule has 0 radical (unpaired) electrons. The molecule has 3 fully saturated rings. The maximum Gasteiger partial charge on any atom is 0.272 e. The molecule has 3 aliphatic heterocycles. The average Bonchev–Trinajstić information content (AvgIpc) is 3.74. The lowest BCUT2D eigenvalue weighted by molar-refractivity contribution is -0.133. The fourth-order valence-electron chi connectivity index (χ4n) is 7.37. The normalized spacial score (nSPS) is 20.3. The van der Waals surface area contributed by atoms with Crippen molar-refractivity contribution in [1.29, 1.82) is 0 Å². The molecule has 2 atom stereocenters. The minimum Gasteiger partial charge on any atom is -0.343 e. The number of nitrogens with zero attached hydrogens (tertiary/aromatic N) is 6. The van der Waals surface area contributed by atoms with Gasteiger partial charge in [0.1, 0.15) is 5.69 Å². The highest BCUT2D eigenvalue weighted by Crippen LogP contribution is 2.33. The number of aromatic nitrogens is 2. The molecule has 3 saturated heterocycles. The number of carbonyl (C=O) groups is 3. The predicted molar refractivity (Wildman–Crippen MR) is 180 cm³/mol. The van der Waals surface area contributed by atoms with Crippen LogP contribution in [0.4, 0.5) is 5.69 Å². The van der Waals surface area contributed by atoms with Crippen molar-refractivity contribution in [2.75, 3.05) is 57.3 Å². The van der Waals surface area contributed by atoms with E-state index in [0.29, 0.717) is 55.0 Å². The molecule has 2 unspecified atom stereocenters. The van der Waals surface area contributed by atoms with Gasteiger partial charge in [0.25, 0.3) is 5.91 Å². The molecule has 2 aromatic carbocycles. The van der Waals surface area contributed by atoms with Crippen LogP contribution >= 0.6 is 11.6 Å². The van der Waals surface area contributed by atoms with Crippen LogP contribution in [0.3, 0.4) is 0 Å². The summed E-state index contributed by atoms with van der Waals surface area (Å²) in [5.41, 5.74) is 5.33. The van der Waals surface area contributed by atoms with Crippen LogP contribution in [0.5, 0.6) is 0 Å². The van der Waals surface area contributed by atoms with Crippen LogP contribution < -0.4 is 4.90 Å². The monoisotopic (exact) mass is 644 g/mol. The first-order valence-electron chi connectivity index (χ1n) is 16.6. The number of amides is 3. The quantitative estimate of drug-likeness (QED) is 0.339. The summed E-state index contributed by atoms with van der Waals surface area (Å²) < 4.78 is 1.78. The molecule has 3 amide bonds. The van der Waals surface area contributed by atoms with E-state index in [-0.39, 0.29) is 23.6 Å². The van der Waals surface area contributed by atoms with Gasteiger partial charge in [-0.2, -0.15) is 5.10 Å². The van der Waals surface area contributed by atoms with E-state index in [1.54, 1.807) is 11.6 Å². The van der Waals surface area contributed by atoms with Crippen LogP contribution in [-0.4, -0.2) is 94.6 Å². The van der Waals surface area contributed by atoms with Gasteiger partial charge in [0.2, 0.25) is 11.8 Å². The molecular weight excluding hydrogens is 600 g/mol. The number of likely N-dealkylation sites (tertiary alicyclic amines) is 3. The van der Waals surface area contributed by atoms with Gasteiger partial charge in [0, 0.05) is 69.4 Å². The number of hydrogen-bond acceptors (Lipinski definition) is 5. The van der Waals surface area contributed by atoms with Gasteiger partial charge in [-0.05, 0) is 94.3 Å². The lowest BCUT2D eigenvalue weighted by Crippen LogP contribution is -2.44. The smallest absolute Gasteiger partial charge is 0.272 e. The van der Waals surface area contributed by atoms with Crippen LogP contribution in [0.1, 0.15) is 53.5 Å². The van der Waals surface area contributed by atoms with Crippen LogP contribution in [0.2, 0.25) is 5.02 Å². The van der Waals surface area contributed by atoms with E-state index in [4.69, 9.17) is 11.6 Å². The third kappa shape index (κ3) is 6.86. The topological polar surface area (TPSA) is 82.0 Å². The molecule has 9 nitrogen and oxygen atoms in total. The fourth-order valence-corrected chi connectivity index (χ4v) is 7.54. The highest BCUT2D eigenvalue weighted by atomic mass is 35.5. The zero-order valence-corrected chi connectivity index (χ0v) is 28.2. The average molecular weight is 645 g/mol. The number of rotatable bonds is 8. The van der Waals surface area contributed by atoms with Gasteiger partial charge in [0.15, 0.2) is 0 Å². The molecule has 3 aromatic rings. The molecule has 0 saturated carbocycles. The van der Waals surface area contributed by atoms with Crippen molar-refractivity contribution < 1.29 is 14.4 Å². The van der Waals surface area contributed by atoms with E-state index in [1.807, 2.05) is 77.1 Å². The standard InChI is InChI=1S/C36H45ClN6O3/c1-24-6-9-31(10-7-24)43-34(18-26(3)38-43)36(46)41-22-29-20-39(21-30(29)23-41)14-5-15-42(32-11-8-25(2)33(37)19-32)35(45)28-12-16-40(17-13-28)27(4)44/h6-11,18-19,28-30H,5,12-17,20-23H2,1-4H3. The Morgan fingerprint density at radius 1 is 0.891 bits per heavy atom. The van der Waals surface area contributed by atoms with Gasteiger partial charge in [-0.3, -0.25) is 14.4 Å². The van der Waals surface area contributed by atoms with Crippen LogP contribution in [0.15, 0.2) is 48.5 Å². The van der Waals surface area contributed by atoms with E-state index in [0.717, 1.165) is 61.8 Å². The van der Waals surface area contributed by atoms with Crippen LogP contribution in [0.25, 0.3) is 5.69 Å². The molecule has 1 aromatic heterocycles. The molecule has 0 aliphatic carbocycles. The van der Waals surface area contributed by atoms with E-state index >= 15 is 0 Å². The van der Waals surface area contributed by atoms with Crippen molar-refractivity contribution in [1.82, 2.24) is 24.5 Å². The number of piperidine rings is 1. The maximum absolute atomic E-state index is 13.8. The summed E-state index contributed by atoms with van der Waals surface area (Å²) >= 11 is 6.49. The first kappa shape index (κ1) is 32.3. The third-order valence-corrected chi connectivity index (χ3v) is 10.5. The van der Waals surface area contributed by atoms with Crippen molar-refractivity contribution >= 4 is 35.0 Å². The molecule has 46 heavy (non-hydrogen) atoms. The number of benzene rings is 2. The van der Waals surface area contributed by atoms with Gasteiger partial charge < -0.3 is 19.6 Å². The van der Waals surface area contributed by atoms with E-state index in [2.05, 4.69) is 16.9 Å². The third-order valence-electron chi connectivity index (χ3n) is 10.1. The fraction of sp³-hybridized carbons (Fsp3) is 0.500. The van der Waals surface area contributed by atoms with Crippen molar-refractivity contribution in [2.45, 2.75) is 47.0 Å². The van der Waals surface area contributed by atoms with E-state index in [1.165, 1.54) is 5.56 Å². The number of anilines is 1. The molecule has 0 spiro atoms. The second-order valence-electron chi connectivity index (χ2n) is 13.5. The highest BCUT2D eigenvalue weighted by Gasteiger charge is 2.42. The Balaban J connectivity index is 1.05. The molecule has 6 rings (SSSR count). The number of aryl methyl sites for hydroxylation is 3. The van der Waals surface area contributed by atoms with Gasteiger partial charge in [0.05, 0.1) is 11.4 Å². The summed E-state index contributed by atoms with van der Waals surface area (Å²) in [5, 5.41) is 5.29. The zero-order valence-electron chi connectivity index (χ0n) is 27.4. The summed E-state index contributed by atoms with van der Waals surface area (Å²) in [7, 11) is 0. The first-order chi connectivity index (χ1) is 22.1. The number of carbonyl (C=O) groups excluding carboxylic acids is 3. The zero-order chi connectivity index (χ0) is 32.5. The van der Waals surface area contributed by atoms with Crippen molar-refractivity contribution in [3.05, 3.63) is 76.1 Å². The number of halogens is 1. The number of fused-ring (bicyclic) bond motifs is 1. The molecule has 10 heteroatoms. The van der Waals surface area contributed by atoms with Crippen LogP contribution in [0, 0.1) is 38.5 Å². The van der Waals surface area contributed by atoms with Crippen molar-refractivity contribution in [3.8, 4) is 5.69 Å². The van der Waals surface area contributed by atoms with E-state index < -0.39 is 0 Å². The summed E-state index contributed by atoms with van der Waals surface area (Å²) in [6.07, 6.45) is 2.22. The highest BCUT2D eigenvalue weighted by molar-refractivity contribution is 6.31. The molecule has 0 bridgehead atoms. The van der Waals surface area contributed by atoms with Crippen molar-refractivity contribution in [2.24, 2.45) is 17.8 Å². The Kier molecular flexibility index (Phi) is 9.52. The Morgan fingerprint density at radius 2 is 1.57 bits per heavy atom. The molecule has 3 aliphatic rings. The minimum absolute atomic E-state index is 0.0437. The summed E-state index contributed by atoms with van der Waals surface area (Å²) in [6.45, 7) is 13.7. The molecule has 4 heterocycles. The van der Waals surface area contributed by atoms with Crippen LogP contribution in [-0.2, 0) is 9.59 Å². The van der Waals surface area contributed by atoms with E-state index in [9.17, 15) is 14.4 Å². The molecule has 0 N–H and O–H groups in total. The Hall–Kier alpha value is -3.69. The summed E-state index contributed by atoms with van der Waals surface area (Å²) in [5.74, 6) is 1.02. The Bertz CT molecular complexity index is 1580. The van der Waals surface area contributed by atoms with Gasteiger partial charge in [-0.15, -0.1) is 0 Å². The maximum atomic E-state index is 13.8. The Morgan fingerprint density at radius 3 is 2.20 bits per heavy atom. The second-order valence-corrected chi connectivity index (χ2v) is 13.9. The first-order valence-corrected chi connectivity index (χ1v) is 16.9. The second kappa shape index (κ2) is 13.6. The number of hydrogen-bond donors (Lipinski definition) is 0. The largest absolute Gasteiger partial charge is 0.343 e. The summed E-state index contributed by atoms with van der Waals surface area (Å²) in [4.78, 5) is 47.6. The molecular formula is C36H45ClN6O3. The van der Waals surface area contributed by atoms with Gasteiger partial charge in [-0.25, -0.2) is 4.68 Å². The summed E-state index contributed by atoms with van der Waals surface area (Å²) in [6, 6.07) is 15.9. The van der Waals surface area contributed by atoms with Crippen molar-refractivity contribution in [3.63, 3.8) is 0 Å². The van der Waals surface area contributed by atoms with Gasteiger partial charge in [-0.1, -0.05) is 35.4 Å². The predicted octanol–water partition coefficient (Wildman–Crippen LogP) is 5.14. The SMILES string of the molecule is CC(=O)N1CCC(C(=O)N(CCCN2CC3CN(C(=O)c4cc(C)nn4-c4ccc(C)cc4)CC3C2)c2ccc(C)c(Cl)c2)CC1. The van der Waals surface area contributed by atoms with Gasteiger partial charge >= 0.3 is 0 Å².